The van der Waals surface area contributed by atoms with Gasteiger partial charge in [-0.05, 0) is 30.7 Å². The van der Waals surface area contributed by atoms with E-state index in [4.69, 9.17) is 21.6 Å². The van der Waals surface area contributed by atoms with Crippen LogP contribution in [0.2, 0.25) is 5.02 Å². The predicted octanol–water partition coefficient (Wildman–Crippen LogP) is 3.45. The second-order valence-electron chi connectivity index (χ2n) is 4.82. The maximum Gasteiger partial charge on any atom is 0.293 e. The molecule has 0 saturated heterocycles. The summed E-state index contributed by atoms with van der Waals surface area (Å²) in [6.07, 6.45) is 0. The second kappa shape index (κ2) is 7.44. The molecule has 0 fully saturated rings. The number of para-hydroxylation sites is 1. The zero-order valence-electron chi connectivity index (χ0n) is 12.6. The smallest absolute Gasteiger partial charge is 0.293 e. The summed E-state index contributed by atoms with van der Waals surface area (Å²) in [5.41, 5.74) is 0.864. The van der Waals surface area contributed by atoms with Crippen LogP contribution in [0, 0.1) is 28.4 Å². The van der Waals surface area contributed by atoms with Gasteiger partial charge in [-0.2, -0.15) is 5.26 Å². The number of nitrogens with one attached hydrogen (secondary N) is 1. The van der Waals surface area contributed by atoms with Crippen molar-refractivity contribution in [3.8, 4) is 11.8 Å². The molecule has 24 heavy (non-hydrogen) atoms. The predicted molar refractivity (Wildman–Crippen MR) is 88.1 cm³/mol. The van der Waals surface area contributed by atoms with E-state index in [1.54, 1.807) is 13.0 Å². The minimum absolute atomic E-state index is 0.127. The van der Waals surface area contributed by atoms with Crippen molar-refractivity contribution in [2.24, 2.45) is 0 Å². The Hall–Kier alpha value is -3.11. The van der Waals surface area contributed by atoms with Crippen LogP contribution >= 0.6 is 11.6 Å². The molecule has 0 aliphatic heterocycles. The molecule has 0 spiro atoms. The first-order valence-corrected chi connectivity index (χ1v) is 7.16. The lowest BCUT2D eigenvalue weighted by atomic mass is 10.1. The lowest BCUT2D eigenvalue weighted by Crippen LogP contribution is -2.21. The molecule has 0 aliphatic rings. The Morgan fingerprint density at radius 2 is 2.17 bits per heavy atom. The highest BCUT2D eigenvalue weighted by atomic mass is 35.5. The van der Waals surface area contributed by atoms with Gasteiger partial charge in [0.05, 0.1) is 21.6 Å². The number of hydrogen-bond acceptors (Lipinski definition) is 5. The third-order valence-corrected chi connectivity index (χ3v) is 3.43. The minimum atomic E-state index is -0.568. The Bertz CT molecular complexity index is 846. The molecule has 1 amide bonds. The zero-order valence-corrected chi connectivity index (χ0v) is 13.3. The monoisotopic (exact) mass is 345 g/mol. The standard InChI is InChI=1S/C16H12ClN3O4/c1-10-3-2-4-13(20(22)23)16(10)19-15(21)9-24-14-6-5-11(8-18)7-12(14)17/h2-7H,9H2,1H3,(H,19,21). The van der Waals surface area contributed by atoms with E-state index in [0.717, 1.165) is 0 Å². The molecule has 0 unspecified atom stereocenters. The van der Waals surface area contributed by atoms with Crippen LogP contribution in [0.15, 0.2) is 36.4 Å². The highest BCUT2D eigenvalue weighted by molar-refractivity contribution is 6.32. The zero-order chi connectivity index (χ0) is 17.7. The van der Waals surface area contributed by atoms with E-state index < -0.39 is 10.8 Å². The number of nitriles is 1. The molecule has 0 aliphatic carbocycles. The van der Waals surface area contributed by atoms with E-state index in [2.05, 4.69) is 5.32 Å². The summed E-state index contributed by atoms with van der Waals surface area (Å²) in [6, 6.07) is 10.8. The normalized spacial score (nSPS) is 9.88. The van der Waals surface area contributed by atoms with Crippen LogP contribution in [-0.4, -0.2) is 17.4 Å². The first kappa shape index (κ1) is 17.2. The summed E-state index contributed by atoms with van der Waals surface area (Å²) >= 11 is 5.95. The maximum atomic E-state index is 12.0. The Morgan fingerprint density at radius 3 is 2.79 bits per heavy atom. The van der Waals surface area contributed by atoms with Crippen molar-refractivity contribution >= 4 is 28.9 Å². The number of nitro groups is 1. The number of nitrogens with zero attached hydrogens (tertiary/aromatic N) is 2. The van der Waals surface area contributed by atoms with E-state index in [9.17, 15) is 14.9 Å². The van der Waals surface area contributed by atoms with Crippen molar-refractivity contribution in [2.45, 2.75) is 6.92 Å². The third-order valence-electron chi connectivity index (χ3n) is 3.13. The third kappa shape index (κ3) is 4.00. The molecule has 2 aromatic rings. The number of benzene rings is 2. The number of amides is 1. The SMILES string of the molecule is Cc1cccc([N+](=O)[O-])c1NC(=O)COc1ccc(C#N)cc1Cl. The highest BCUT2D eigenvalue weighted by Crippen LogP contribution is 2.28. The lowest BCUT2D eigenvalue weighted by molar-refractivity contribution is -0.384. The molecule has 0 heterocycles. The van der Waals surface area contributed by atoms with Crippen molar-refractivity contribution in [3.63, 3.8) is 0 Å². The van der Waals surface area contributed by atoms with Crippen LogP contribution < -0.4 is 10.1 Å². The number of rotatable bonds is 5. The van der Waals surface area contributed by atoms with Gasteiger partial charge < -0.3 is 10.1 Å². The number of anilines is 1. The molecular weight excluding hydrogens is 334 g/mol. The first-order valence-electron chi connectivity index (χ1n) is 6.78. The summed E-state index contributed by atoms with van der Waals surface area (Å²) < 4.78 is 5.29. The Labute approximate surface area is 142 Å². The van der Waals surface area contributed by atoms with Gasteiger partial charge in [0.15, 0.2) is 6.61 Å². The molecule has 1 N–H and O–H groups in total. The van der Waals surface area contributed by atoms with Crippen molar-refractivity contribution in [1.82, 2.24) is 0 Å². The number of nitro benzene ring substituents is 1. The van der Waals surface area contributed by atoms with Crippen LogP contribution in [0.25, 0.3) is 0 Å². The Kier molecular flexibility index (Phi) is 5.35. The van der Waals surface area contributed by atoms with Gasteiger partial charge in [0.25, 0.3) is 11.6 Å². The molecule has 2 aromatic carbocycles. The van der Waals surface area contributed by atoms with Gasteiger partial charge in [0, 0.05) is 6.07 Å². The largest absolute Gasteiger partial charge is 0.482 e. The number of aryl methyl sites for hydroxylation is 1. The first-order chi connectivity index (χ1) is 11.4. The van der Waals surface area contributed by atoms with E-state index in [-0.39, 0.29) is 28.8 Å². The van der Waals surface area contributed by atoms with Crippen LogP contribution in [0.1, 0.15) is 11.1 Å². The summed E-state index contributed by atoms with van der Waals surface area (Å²) in [5, 5.41) is 22.5. The molecule has 0 radical (unpaired) electrons. The summed E-state index contributed by atoms with van der Waals surface area (Å²) in [4.78, 5) is 22.4. The second-order valence-corrected chi connectivity index (χ2v) is 5.23. The van der Waals surface area contributed by atoms with E-state index in [1.165, 1.54) is 30.3 Å². The average molecular weight is 346 g/mol. The fraction of sp³-hybridized carbons (Fsp3) is 0.125. The number of halogens is 1. The topological polar surface area (TPSA) is 105 Å². The molecule has 0 bridgehead atoms. The van der Waals surface area contributed by atoms with Gasteiger partial charge in [-0.15, -0.1) is 0 Å². The van der Waals surface area contributed by atoms with E-state index in [0.29, 0.717) is 11.1 Å². The molecule has 0 saturated carbocycles. The van der Waals surface area contributed by atoms with Crippen molar-refractivity contribution in [3.05, 3.63) is 62.7 Å². The molecular formula is C16H12ClN3O4. The van der Waals surface area contributed by atoms with Gasteiger partial charge in [-0.1, -0.05) is 23.7 Å². The molecule has 122 valence electrons. The maximum absolute atomic E-state index is 12.0. The van der Waals surface area contributed by atoms with Gasteiger partial charge >= 0.3 is 0 Å². The molecule has 0 atom stereocenters. The number of hydrogen-bond donors (Lipinski definition) is 1. The molecule has 0 aromatic heterocycles. The molecule has 7 nitrogen and oxygen atoms in total. The fourth-order valence-electron chi connectivity index (χ4n) is 1.97. The quantitative estimate of drug-likeness (QED) is 0.660. The fourth-order valence-corrected chi connectivity index (χ4v) is 2.21. The van der Waals surface area contributed by atoms with Crippen molar-refractivity contribution in [1.29, 1.82) is 5.26 Å². The number of carbonyl (C=O) groups excluding carboxylic acids is 1. The van der Waals surface area contributed by atoms with E-state index in [1.807, 2.05) is 6.07 Å². The van der Waals surface area contributed by atoms with Gasteiger partial charge in [0.1, 0.15) is 11.4 Å². The Morgan fingerprint density at radius 1 is 1.42 bits per heavy atom. The lowest BCUT2D eigenvalue weighted by Gasteiger charge is -2.10. The van der Waals surface area contributed by atoms with Crippen molar-refractivity contribution < 1.29 is 14.5 Å². The van der Waals surface area contributed by atoms with Crippen LogP contribution in [0.3, 0.4) is 0 Å². The number of ether oxygens (including phenoxy) is 1. The van der Waals surface area contributed by atoms with Crippen LogP contribution in [-0.2, 0) is 4.79 Å². The van der Waals surface area contributed by atoms with Gasteiger partial charge in [0.2, 0.25) is 0 Å². The highest BCUT2D eigenvalue weighted by Gasteiger charge is 2.18. The van der Waals surface area contributed by atoms with Crippen LogP contribution in [0.4, 0.5) is 11.4 Å². The minimum Gasteiger partial charge on any atom is -0.482 e. The van der Waals surface area contributed by atoms with E-state index >= 15 is 0 Å². The average Bonchev–Trinajstić information content (AvgIpc) is 2.55. The summed E-state index contributed by atoms with van der Waals surface area (Å²) in [6.45, 7) is 1.28. The van der Waals surface area contributed by atoms with Gasteiger partial charge in [-0.3, -0.25) is 14.9 Å². The van der Waals surface area contributed by atoms with Crippen molar-refractivity contribution in [2.75, 3.05) is 11.9 Å². The molecule has 8 heteroatoms. The molecule has 2 rings (SSSR count). The van der Waals surface area contributed by atoms with Gasteiger partial charge in [-0.25, -0.2) is 0 Å². The summed E-state index contributed by atoms with van der Waals surface area (Å²) in [7, 11) is 0. The Balaban J connectivity index is 2.07. The number of carbonyl (C=O) groups is 1. The summed E-state index contributed by atoms with van der Waals surface area (Å²) in [5.74, 6) is -0.321. The van der Waals surface area contributed by atoms with Crippen LogP contribution in [0.5, 0.6) is 5.75 Å².